The third kappa shape index (κ3) is 2.16. The van der Waals surface area contributed by atoms with Crippen LogP contribution < -0.4 is 5.32 Å². The molecule has 1 heterocycles. The van der Waals surface area contributed by atoms with Crippen LogP contribution in [0.1, 0.15) is 35.8 Å². The molecule has 1 aromatic heterocycles. The zero-order valence-corrected chi connectivity index (χ0v) is 10.6. The van der Waals surface area contributed by atoms with E-state index in [0.29, 0.717) is 6.04 Å². The van der Waals surface area contributed by atoms with Crippen LogP contribution in [0.3, 0.4) is 0 Å². The Bertz CT molecular complexity index is 532. The Labute approximate surface area is 107 Å². The minimum atomic E-state index is 0.451. The third-order valence-corrected chi connectivity index (χ3v) is 3.68. The monoisotopic (exact) mass is 242 g/mol. The average molecular weight is 242 g/mol. The van der Waals surface area contributed by atoms with E-state index in [4.69, 9.17) is 0 Å². The molecule has 1 aliphatic carbocycles. The molecule has 0 saturated carbocycles. The molecular formula is C14H18N4. The Morgan fingerprint density at radius 3 is 3.11 bits per heavy atom. The fourth-order valence-electron chi connectivity index (χ4n) is 2.66. The lowest BCUT2D eigenvalue weighted by Gasteiger charge is -2.26. The van der Waals surface area contributed by atoms with Crippen LogP contribution in [-0.4, -0.2) is 14.8 Å². The van der Waals surface area contributed by atoms with E-state index in [2.05, 4.69) is 39.7 Å². The van der Waals surface area contributed by atoms with Crippen molar-refractivity contribution < 1.29 is 0 Å². The van der Waals surface area contributed by atoms with Gasteiger partial charge >= 0.3 is 0 Å². The van der Waals surface area contributed by atoms with E-state index in [1.165, 1.54) is 30.4 Å². The van der Waals surface area contributed by atoms with Gasteiger partial charge < -0.3 is 5.32 Å². The summed E-state index contributed by atoms with van der Waals surface area (Å²) >= 11 is 0. The van der Waals surface area contributed by atoms with Crippen molar-refractivity contribution in [2.75, 3.05) is 0 Å². The molecule has 4 heteroatoms. The molecule has 0 fully saturated rings. The first-order valence-electron chi connectivity index (χ1n) is 6.48. The first kappa shape index (κ1) is 11.4. The molecule has 0 bridgehead atoms. The average Bonchev–Trinajstić information content (AvgIpc) is 2.82. The van der Waals surface area contributed by atoms with Gasteiger partial charge in [0.15, 0.2) is 0 Å². The second-order valence-corrected chi connectivity index (χ2v) is 4.82. The van der Waals surface area contributed by atoms with E-state index < -0.39 is 0 Å². The Hall–Kier alpha value is -1.68. The predicted molar refractivity (Wildman–Crippen MR) is 70.0 cm³/mol. The van der Waals surface area contributed by atoms with Gasteiger partial charge in [0, 0.05) is 13.1 Å². The maximum absolute atomic E-state index is 4.25. The summed E-state index contributed by atoms with van der Waals surface area (Å²) in [5.41, 5.74) is 2.94. The Balaban J connectivity index is 1.73. The molecular weight excluding hydrogens is 224 g/mol. The molecule has 4 nitrogen and oxygen atoms in total. The normalized spacial score (nSPS) is 18.6. The number of fused-ring (bicyclic) bond motifs is 1. The van der Waals surface area contributed by atoms with Gasteiger partial charge in [-0.1, -0.05) is 24.3 Å². The lowest BCUT2D eigenvalue weighted by Crippen LogP contribution is -2.26. The Morgan fingerprint density at radius 2 is 2.28 bits per heavy atom. The van der Waals surface area contributed by atoms with E-state index in [9.17, 15) is 0 Å². The molecule has 2 aromatic rings. The molecule has 0 spiro atoms. The van der Waals surface area contributed by atoms with Crippen molar-refractivity contribution in [3.63, 3.8) is 0 Å². The second-order valence-electron chi connectivity index (χ2n) is 4.82. The highest BCUT2D eigenvalue weighted by atomic mass is 15.3. The number of aromatic nitrogens is 3. The van der Waals surface area contributed by atoms with Gasteiger partial charge in [-0.3, -0.25) is 4.68 Å². The fraction of sp³-hybridized carbons (Fsp3) is 0.429. The molecule has 0 amide bonds. The molecule has 0 saturated heterocycles. The number of benzene rings is 1. The van der Waals surface area contributed by atoms with Crippen LogP contribution in [-0.2, 0) is 20.0 Å². The second kappa shape index (κ2) is 4.90. The van der Waals surface area contributed by atoms with Crippen LogP contribution >= 0.6 is 0 Å². The standard InChI is InChI=1S/C14H18N4/c1-18-14(16-10-17-18)9-15-13-8-4-6-11-5-2-3-7-12(11)13/h2-3,5,7,10,13,15H,4,6,8-9H2,1H3. The van der Waals surface area contributed by atoms with Crippen LogP contribution in [0.15, 0.2) is 30.6 Å². The van der Waals surface area contributed by atoms with E-state index in [-0.39, 0.29) is 0 Å². The summed E-state index contributed by atoms with van der Waals surface area (Å²) in [5, 5.41) is 7.69. The molecule has 94 valence electrons. The van der Waals surface area contributed by atoms with Crippen molar-refractivity contribution in [1.82, 2.24) is 20.1 Å². The highest BCUT2D eigenvalue weighted by Crippen LogP contribution is 2.29. The van der Waals surface area contributed by atoms with Crippen molar-refractivity contribution in [3.05, 3.63) is 47.5 Å². The van der Waals surface area contributed by atoms with Gasteiger partial charge in [0.25, 0.3) is 0 Å². The van der Waals surface area contributed by atoms with Crippen molar-refractivity contribution in [3.8, 4) is 0 Å². The van der Waals surface area contributed by atoms with E-state index in [1.54, 1.807) is 6.33 Å². The smallest absolute Gasteiger partial charge is 0.140 e. The van der Waals surface area contributed by atoms with Gasteiger partial charge in [0.1, 0.15) is 12.2 Å². The van der Waals surface area contributed by atoms with Gasteiger partial charge in [-0.05, 0) is 30.4 Å². The minimum Gasteiger partial charge on any atom is -0.303 e. The number of hydrogen-bond donors (Lipinski definition) is 1. The number of hydrogen-bond acceptors (Lipinski definition) is 3. The molecule has 1 atom stereocenters. The molecule has 1 aromatic carbocycles. The van der Waals surface area contributed by atoms with Gasteiger partial charge in [-0.2, -0.15) is 5.10 Å². The molecule has 1 aliphatic rings. The summed E-state index contributed by atoms with van der Waals surface area (Å²) in [7, 11) is 1.93. The zero-order valence-electron chi connectivity index (χ0n) is 10.6. The van der Waals surface area contributed by atoms with Crippen molar-refractivity contribution in [1.29, 1.82) is 0 Å². The summed E-state index contributed by atoms with van der Waals surface area (Å²) in [6, 6.07) is 9.19. The SMILES string of the molecule is Cn1ncnc1CNC1CCCc2ccccc21. The summed E-state index contributed by atoms with van der Waals surface area (Å²) in [5.74, 6) is 0.984. The van der Waals surface area contributed by atoms with Crippen molar-refractivity contribution in [2.24, 2.45) is 7.05 Å². The van der Waals surface area contributed by atoms with E-state index >= 15 is 0 Å². The van der Waals surface area contributed by atoms with Gasteiger partial charge in [-0.25, -0.2) is 4.98 Å². The van der Waals surface area contributed by atoms with Crippen LogP contribution in [0.2, 0.25) is 0 Å². The van der Waals surface area contributed by atoms with Gasteiger partial charge in [0.2, 0.25) is 0 Å². The first-order chi connectivity index (χ1) is 8.84. The van der Waals surface area contributed by atoms with E-state index in [1.807, 2.05) is 11.7 Å². The summed E-state index contributed by atoms with van der Waals surface area (Å²) in [6.45, 7) is 0.773. The zero-order chi connectivity index (χ0) is 12.4. The highest BCUT2D eigenvalue weighted by Gasteiger charge is 2.19. The third-order valence-electron chi connectivity index (χ3n) is 3.68. The topological polar surface area (TPSA) is 42.7 Å². The van der Waals surface area contributed by atoms with Crippen LogP contribution in [0.25, 0.3) is 0 Å². The maximum atomic E-state index is 4.25. The maximum Gasteiger partial charge on any atom is 0.140 e. The van der Waals surface area contributed by atoms with Crippen molar-refractivity contribution >= 4 is 0 Å². The lowest BCUT2D eigenvalue weighted by atomic mass is 9.88. The molecule has 1 unspecified atom stereocenters. The number of nitrogens with one attached hydrogen (secondary N) is 1. The quantitative estimate of drug-likeness (QED) is 0.895. The Morgan fingerprint density at radius 1 is 1.39 bits per heavy atom. The Kier molecular flexibility index (Phi) is 3.11. The number of nitrogens with zero attached hydrogens (tertiary/aromatic N) is 3. The van der Waals surface area contributed by atoms with Crippen LogP contribution in [0.5, 0.6) is 0 Å². The molecule has 3 rings (SSSR count). The number of aryl methyl sites for hydroxylation is 2. The lowest BCUT2D eigenvalue weighted by molar-refractivity contribution is 0.447. The predicted octanol–water partition coefficient (Wildman–Crippen LogP) is 1.98. The first-order valence-corrected chi connectivity index (χ1v) is 6.48. The number of rotatable bonds is 3. The van der Waals surface area contributed by atoms with Gasteiger partial charge in [0.05, 0.1) is 6.54 Å². The highest BCUT2D eigenvalue weighted by molar-refractivity contribution is 5.32. The van der Waals surface area contributed by atoms with E-state index in [0.717, 1.165) is 12.4 Å². The molecule has 0 aliphatic heterocycles. The van der Waals surface area contributed by atoms with Crippen molar-refractivity contribution in [2.45, 2.75) is 31.8 Å². The largest absolute Gasteiger partial charge is 0.303 e. The fourth-order valence-corrected chi connectivity index (χ4v) is 2.66. The minimum absolute atomic E-state index is 0.451. The molecule has 0 radical (unpaired) electrons. The summed E-state index contributed by atoms with van der Waals surface area (Å²) in [4.78, 5) is 4.25. The van der Waals surface area contributed by atoms with Gasteiger partial charge in [-0.15, -0.1) is 0 Å². The molecule has 18 heavy (non-hydrogen) atoms. The summed E-state index contributed by atoms with van der Waals surface area (Å²) < 4.78 is 1.82. The van der Waals surface area contributed by atoms with Crippen LogP contribution in [0.4, 0.5) is 0 Å². The van der Waals surface area contributed by atoms with Crippen LogP contribution in [0, 0.1) is 0 Å². The molecule has 1 N–H and O–H groups in total. The summed E-state index contributed by atoms with van der Waals surface area (Å²) in [6.07, 6.45) is 5.27.